The van der Waals surface area contributed by atoms with E-state index in [1.54, 1.807) is 4.57 Å². The second-order valence-electron chi connectivity index (χ2n) is 15.4. The zero-order chi connectivity index (χ0) is 37.4. The van der Waals surface area contributed by atoms with Gasteiger partial charge in [0.25, 0.3) is 0 Å². The summed E-state index contributed by atoms with van der Waals surface area (Å²) in [5.41, 5.74) is 5.68. The Labute approximate surface area is 294 Å². The molecule has 0 bridgehead atoms. The third-order valence-corrected chi connectivity index (χ3v) is 21.3. The number of anilines is 1. The second kappa shape index (κ2) is 13.5. The number of hydrogen-bond acceptors (Lipinski definition) is 11. The van der Waals surface area contributed by atoms with Crippen LogP contribution in [-0.4, -0.2) is 67.7 Å². The number of benzene rings is 1. The van der Waals surface area contributed by atoms with Crippen molar-refractivity contribution >= 4 is 52.1 Å². The van der Waals surface area contributed by atoms with Gasteiger partial charge >= 0.3 is 6.72 Å². The van der Waals surface area contributed by atoms with Gasteiger partial charge in [0.05, 0.1) is 25.1 Å². The van der Waals surface area contributed by atoms with Crippen LogP contribution in [0.15, 0.2) is 12.7 Å². The number of fused-ring (bicyclic) bond motifs is 1. The number of ether oxygens (including phenoxy) is 1. The van der Waals surface area contributed by atoms with E-state index < -0.39 is 95.3 Å². The molecule has 2 aliphatic rings. The van der Waals surface area contributed by atoms with Gasteiger partial charge in [-0.2, -0.15) is 0 Å². The van der Waals surface area contributed by atoms with E-state index in [2.05, 4.69) is 82.7 Å². The van der Waals surface area contributed by atoms with Crippen molar-refractivity contribution < 1.29 is 49.1 Å². The van der Waals surface area contributed by atoms with E-state index in [9.17, 15) is 22.0 Å². The van der Waals surface area contributed by atoms with Crippen LogP contribution in [0.5, 0.6) is 0 Å². The predicted octanol–water partition coefficient (Wildman–Crippen LogP) is 7.81. The zero-order valence-corrected chi connectivity index (χ0v) is 33.2. The Morgan fingerprint density at radius 2 is 1.42 bits per heavy atom. The highest BCUT2D eigenvalue weighted by molar-refractivity contribution is 8.07. The topological polar surface area (TPSA) is 125 Å². The standard InChI is InChI=1S/C30H43F5N5O6PSSi2/c1-29(2,3)49(7,8)45-24-16(12-42-47(48)41-11-15(44-47)17-18(31)20(33)22(35)21(34)19(17)32)43-28(25(24)46-50(9,10)30(4,5)6)40-14-39-23-26(36)37-13-38-27(23)40/h13-16,24-25,28H,11-12H2,1-10H3,(H2,36,37,38)/t15?,16-,24-,25-,28-,47?/m1/s1. The summed E-state index contributed by atoms with van der Waals surface area (Å²) in [7, 11) is -5.08. The lowest BCUT2D eigenvalue weighted by atomic mass is 10.1. The van der Waals surface area contributed by atoms with Crippen molar-refractivity contribution in [1.29, 1.82) is 0 Å². The van der Waals surface area contributed by atoms with Crippen molar-refractivity contribution in [2.24, 2.45) is 0 Å². The lowest BCUT2D eigenvalue weighted by Crippen LogP contribution is -2.54. The highest BCUT2D eigenvalue weighted by atomic mass is 32.5. The molecule has 6 atom stereocenters. The lowest BCUT2D eigenvalue weighted by Gasteiger charge is -2.44. The molecule has 2 N–H and O–H groups in total. The van der Waals surface area contributed by atoms with E-state index in [0.29, 0.717) is 11.2 Å². The predicted molar refractivity (Wildman–Crippen MR) is 184 cm³/mol. The molecule has 0 radical (unpaired) electrons. The molecular weight excluding hydrogens is 741 g/mol. The first-order valence-corrected chi connectivity index (χ1v) is 24.3. The number of rotatable bonds is 9. The molecule has 50 heavy (non-hydrogen) atoms. The third-order valence-electron chi connectivity index (χ3n) is 10.0. The number of aromatic nitrogens is 4. The van der Waals surface area contributed by atoms with Gasteiger partial charge in [-0.15, -0.1) is 0 Å². The second-order valence-corrected chi connectivity index (χ2v) is 27.9. The molecule has 2 unspecified atom stereocenters. The van der Waals surface area contributed by atoms with E-state index in [4.69, 9.17) is 44.7 Å². The fraction of sp³-hybridized carbons (Fsp3) is 0.633. The Morgan fingerprint density at radius 1 is 0.880 bits per heavy atom. The molecule has 20 heteroatoms. The van der Waals surface area contributed by atoms with Crippen LogP contribution in [0.1, 0.15) is 59.4 Å². The normalized spacial score (nSPS) is 26.7. The van der Waals surface area contributed by atoms with E-state index in [0.717, 1.165) is 0 Å². The molecule has 3 aromatic rings. The fourth-order valence-electron chi connectivity index (χ4n) is 5.07. The third kappa shape index (κ3) is 7.19. The van der Waals surface area contributed by atoms with Crippen LogP contribution in [0, 0.1) is 29.1 Å². The van der Waals surface area contributed by atoms with Gasteiger partial charge in [-0.05, 0) is 48.1 Å². The molecule has 0 aliphatic carbocycles. The first-order valence-electron chi connectivity index (χ1n) is 15.9. The van der Waals surface area contributed by atoms with Crippen molar-refractivity contribution in [2.45, 2.75) is 108 Å². The average Bonchev–Trinajstić information content (AvgIpc) is 3.69. The molecule has 2 aliphatic heterocycles. The van der Waals surface area contributed by atoms with Gasteiger partial charge in [0, 0.05) is 0 Å². The molecule has 2 aromatic heterocycles. The van der Waals surface area contributed by atoms with Gasteiger partial charge in [0.15, 0.2) is 57.6 Å². The molecule has 0 spiro atoms. The van der Waals surface area contributed by atoms with Crippen molar-refractivity contribution in [3.8, 4) is 0 Å². The summed E-state index contributed by atoms with van der Waals surface area (Å²) in [5.74, 6) is -10.4. The molecule has 5 rings (SSSR count). The molecule has 11 nitrogen and oxygen atoms in total. The lowest BCUT2D eigenvalue weighted by molar-refractivity contribution is -0.0468. The van der Waals surface area contributed by atoms with Crippen molar-refractivity contribution in [2.75, 3.05) is 18.9 Å². The quantitative estimate of drug-likeness (QED) is 0.0752. The van der Waals surface area contributed by atoms with Gasteiger partial charge in [-0.1, -0.05) is 41.5 Å². The van der Waals surface area contributed by atoms with Gasteiger partial charge < -0.3 is 28.4 Å². The Kier molecular flexibility index (Phi) is 10.6. The maximum absolute atomic E-state index is 14.6. The Hall–Kier alpha value is -1.94. The van der Waals surface area contributed by atoms with Crippen LogP contribution in [0.3, 0.4) is 0 Å². The number of imidazole rings is 1. The largest absolute Gasteiger partial charge is 0.408 e. The highest BCUT2D eigenvalue weighted by Crippen LogP contribution is 2.60. The van der Waals surface area contributed by atoms with Gasteiger partial charge in [0.1, 0.15) is 36.3 Å². The molecule has 1 aromatic carbocycles. The van der Waals surface area contributed by atoms with Crippen molar-refractivity contribution in [3.05, 3.63) is 47.3 Å². The van der Waals surface area contributed by atoms with Crippen molar-refractivity contribution in [1.82, 2.24) is 19.5 Å². The summed E-state index contributed by atoms with van der Waals surface area (Å²) in [5, 5.41) is -0.440. The number of nitrogen functional groups attached to an aromatic ring is 1. The summed E-state index contributed by atoms with van der Waals surface area (Å²) in [6.07, 6.45) is -2.05. The van der Waals surface area contributed by atoms with Crippen LogP contribution < -0.4 is 5.73 Å². The zero-order valence-electron chi connectivity index (χ0n) is 29.5. The Bertz CT molecular complexity index is 1800. The smallest absolute Gasteiger partial charge is 0.328 e. The summed E-state index contributed by atoms with van der Waals surface area (Å²) in [4.78, 5) is 12.9. The van der Waals surface area contributed by atoms with E-state index >= 15 is 0 Å². The Balaban J connectivity index is 1.51. The summed E-state index contributed by atoms with van der Waals surface area (Å²) in [6.45, 7) is 16.3. The van der Waals surface area contributed by atoms with Crippen LogP contribution >= 0.6 is 6.72 Å². The molecule has 0 saturated carbocycles. The number of nitrogens with two attached hydrogens (primary N) is 1. The summed E-state index contributed by atoms with van der Waals surface area (Å²) in [6, 6.07) is 0. The minimum Gasteiger partial charge on any atom is -0.408 e. The van der Waals surface area contributed by atoms with Crippen LogP contribution in [0.2, 0.25) is 36.3 Å². The molecule has 0 amide bonds. The number of hydrogen-bond donors (Lipinski definition) is 1. The van der Waals surface area contributed by atoms with Crippen LogP contribution in [-0.2, 0) is 39.0 Å². The first-order chi connectivity index (χ1) is 22.9. The monoisotopic (exact) mass is 783 g/mol. The molecule has 2 fully saturated rings. The van der Waals surface area contributed by atoms with E-state index in [1.807, 2.05) is 0 Å². The SMILES string of the molecule is CC(C)(C)[Si](C)(C)O[C@@H]1[C@H](O[Si](C)(C)C(C)(C)C)[C@@H](COP2(=S)OCC(c3c(F)c(F)c(F)c(F)c3F)O2)O[C@H]1n1cnc2c(N)ncnc21. The minimum absolute atomic E-state index is 0.180. The first kappa shape index (κ1) is 39.3. The molecule has 278 valence electrons. The number of nitrogens with zero attached hydrogens (tertiary/aromatic N) is 4. The van der Waals surface area contributed by atoms with Crippen LogP contribution in [0.4, 0.5) is 27.8 Å². The summed E-state index contributed by atoms with van der Waals surface area (Å²) >= 11 is 5.50. The molecular formula is C30H43F5N5O6PSSi2. The van der Waals surface area contributed by atoms with E-state index in [-0.39, 0.29) is 22.5 Å². The van der Waals surface area contributed by atoms with E-state index in [1.165, 1.54) is 12.7 Å². The number of halogens is 5. The molecule has 2 saturated heterocycles. The maximum Gasteiger partial charge on any atom is 0.328 e. The maximum atomic E-state index is 14.6. The highest BCUT2D eigenvalue weighted by Gasteiger charge is 2.55. The van der Waals surface area contributed by atoms with Gasteiger partial charge in [0.2, 0.25) is 5.82 Å². The summed E-state index contributed by atoms with van der Waals surface area (Å²) < 4.78 is 111. The molecule has 4 heterocycles. The fourth-order valence-corrected chi connectivity index (χ4v) is 9.68. The Morgan fingerprint density at radius 3 is 1.98 bits per heavy atom. The van der Waals surface area contributed by atoms with Crippen LogP contribution in [0.25, 0.3) is 11.2 Å². The van der Waals surface area contributed by atoms with Crippen molar-refractivity contribution in [3.63, 3.8) is 0 Å². The minimum atomic E-state index is -3.80. The van der Waals surface area contributed by atoms with Gasteiger partial charge in [-0.3, -0.25) is 9.09 Å². The average molecular weight is 784 g/mol. The van der Waals surface area contributed by atoms with Gasteiger partial charge in [-0.25, -0.2) is 36.9 Å².